The molecule has 1 aliphatic rings. The van der Waals surface area contributed by atoms with Crippen molar-refractivity contribution in [3.63, 3.8) is 0 Å². The van der Waals surface area contributed by atoms with Gasteiger partial charge in [0, 0.05) is 26.3 Å². The first-order chi connectivity index (χ1) is 8.93. The number of hydrogen-bond acceptors (Lipinski definition) is 2. The van der Waals surface area contributed by atoms with Crippen LogP contribution < -0.4 is 4.68 Å². The first-order valence-electron chi connectivity index (χ1n) is 6.90. The summed E-state index contributed by atoms with van der Waals surface area (Å²) in [6.07, 6.45) is 0.194. The molecule has 1 aromatic heterocycles. The van der Waals surface area contributed by atoms with Crippen molar-refractivity contribution in [3.05, 3.63) is 17.5 Å². The Labute approximate surface area is 114 Å². The fourth-order valence-electron chi connectivity index (χ4n) is 2.23. The number of H-pyrrole nitrogens is 1. The lowest BCUT2D eigenvalue weighted by Gasteiger charge is -2.36. The van der Waals surface area contributed by atoms with Crippen molar-refractivity contribution in [1.82, 2.24) is 10.00 Å². The van der Waals surface area contributed by atoms with E-state index in [0.717, 1.165) is 11.4 Å². The highest BCUT2D eigenvalue weighted by Gasteiger charge is 2.37. The van der Waals surface area contributed by atoms with Gasteiger partial charge in [0.25, 0.3) is 5.69 Å². The van der Waals surface area contributed by atoms with Crippen LogP contribution >= 0.6 is 0 Å². The minimum atomic E-state index is 0.0881. The highest BCUT2D eigenvalue weighted by Crippen LogP contribution is 2.17. The van der Waals surface area contributed by atoms with E-state index in [9.17, 15) is 4.79 Å². The highest BCUT2D eigenvalue weighted by atomic mass is 16.5. The third kappa shape index (κ3) is 2.66. The van der Waals surface area contributed by atoms with E-state index in [4.69, 9.17) is 4.74 Å². The van der Waals surface area contributed by atoms with Crippen LogP contribution in [0.1, 0.15) is 55.8 Å². The van der Waals surface area contributed by atoms with Gasteiger partial charge >= 0.3 is 5.91 Å². The monoisotopic (exact) mass is 266 g/mol. The van der Waals surface area contributed by atoms with E-state index in [1.165, 1.54) is 0 Å². The SMILES string of the molecule is COC1CN(C(=O)c2cc(C(C)C)[nH][n+]2C(C)C)C1. The molecule has 0 radical (unpaired) electrons. The number of carbonyl (C=O) groups excluding carboxylic acids is 1. The van der Waals surface area contributed by atoms with Crippen LogP contribution in [0.15, 0.2) is 6.07 Å². The van der Waals surface area contributed by atoms with Gasteiger partial charge in [0.1, 0.15) is 0 Å². The van der Waals surface area contributed by atoms with Crippen molar-refractivity contribution in [2.24, 2.45) is 0 Å². The Kier molecular flexibility index (Phi) is 3.94. The molecule has 1 aromatic rings. The summed E-state index contributed by atoms with van der Waals surface area (Å²) >= 11 is 0. The largest absolute Gasteiger partial charge is 0.378 e. The Hall–Kier alpha value is -1.36. The number of nitrogens with one attached hydrogen (secondary N) is 1. The summed E-state index contributed by atoms with van der Waals surface area (Å²) in [5.74, 6) is 0.472. The van der Waals surface area contributed by atoms with E-state index in [-0.39, 0.29) is 18.1 Å². The van der Waals surface area contributed by atoms with Crippen LogP contribution in [0.2, 0.25) is 0 Å². The molecule has 0 atom stereocenters. The average molecular weight is 266 g/mol. The lowest BCUT2D eigenvalue weighted by molar-refractivity contribution is -0.769. The summed E-state index contributed by atoms with van der Waals surface area (Å²) in [5, 5.41) is 3.33. The van der Waals surface area contributed by atoms with Crippen LogP contribution in [-0.2, 0) is 4.74 Å². The second-order valence-corrected chi connectivity index (χ2v) is 5.78. The zero-order valence-electron chi connectivity index (χ0n) is 12.4. The number of aromatic nitrogens is 2. The van der Waals surface area contributed by atoms with Gasteiger partial charge < -0.3 is 9.64 Å². The van der Waals surface area contributed by atoms with Crippen LogP contribution in [0.25, 0.3) is 0 Å². The first-order valence-corrected chi connectivity index (χ1v) is 6.90. The molecule has 1 N–H and O–H groups in total. The summed E-state index contributed by atoms with van der Waals surface area (Å²) in [5.41, 5.74) is 1.84. The zero-order valence-corrected chi connectivity index (χ0v) is 12.4. The molecule has 0 bridgehead atoms. The Balaban J connectivity index is 2.21. The number of hydrogen-bond donors (Lipinski definition) is 1. The van der Waals surface area contributed by atoms with Crippen LogP contribution in [0.3, 0.4) is 0 Å². The van der Waals surface area contributed by atoms with Gasteiger partial charge in [-0.25, -0.2) is 0 Å². The van der Waals surface area contributed by atoms with Gasteiger partial charge in [-0.05, 0) is 19.8 Å². The normalized spacial score (nSPS) is 16.3. The summed E-state index contributed by atoms with van der Waals surface area (Å²) < 4.78 is 7.17. The molecule has 1 amide bonds. The van der Waals surface area contributed by atoms with Crippen LogP contribution in [0, 0.1) is 0 Å². The molecule has 5 nitrogen and oxygen atoms in total. The standard InChI is InChI=1S/C14H23N3O2/c1-9(2)12-6-13(17(15-12)10(3)4)14(18)16-7-11(8-16)19-5/h6,9-11H,7-8H2,1-5H3/p+1. The number of methoxy groups -OCH3 is 1. The second-order valence-electron chi connectivity index (χ2n) is 5.78. The molecule has 19 heavy (non-hydrogen) atoms. The minimum absolute atomic E-state index is 0.0881. The Morgan fingerprint density at radius 2 is 2.05 bits per heavy atom. The number of rotatable bonds is 4. The maximum atomic E-state index is 12.5. The zero-order chi connectivity index (χ0) is 14.2. The van der Waals surface area contributed by atoms with Crippen molar-refractivity contribution in [1.29, 1.82) is 0 Å². The first kappa shape index (κ1) is 14.1. The lowest BCUT2D eigenvalue weighted by atomic mass is 10.1. The van der Waals surface area contributed by atoms with E-state index in [1.54, 1.807) is 7.11 Å². The lowest BCUT2D eigenvalue weighted by Crippen LogP contribution is -2.57. The van der Waals surface area contributed by atoms with E-state index < -0.39 is 0 Å². The molecule has 0 aliphatic carbocycles. The molecular weight excluding hydrogens is 242 g/mol. The summed E-state index contributed by atoms with van der Waals surface area (Å²) in [7, 11) is 1.69. The molecule has 1 aliphatic heterocycles. The van der Waals surface area contributed by atoms with Crippen molar-refractivity contribution in [3.8, 4) is 0 Å². The number of aromatic amines is 1. The number of nitrogens with zero attached hydrogens (tertiary/aromatic N) is 2. The topological polar surface area (TPSA) is 49.2 Å². The van der Waals surface area contributed by atoms with Gasteiger partial charge in [-0.2, -0.15) is 5.10 Å². The predicted molar refractivity (Wildman–Crippen MR) is 72.2 cm³/mol. The van der Waals surface area contributed by atoms with Gasteiger partial charge in [0.05, 0.1) is 11.8 Å². The van der Waals surface area contributed by atoms with Gasteiger partial charge in [-0.3, -0.25) is 4.79 Å². The second kappa shape index (κ2) is 5.33. The maximum Gasteiger partial charge on any atom is 0.321 e. The van der Waals surface area contributed by atoms with Crippen LogP contribution in [-0.4, -0.2) is 42.2 Å². The van der Waals surface area contributed by atoms with Crippen molar-refractivity contribution >= 4 is 5.91 Å². The Bertz CT molecular complexity index is 459. The van der Waals surface area contributed by atoms with Crippen LogP contribution in [0.5, 0.6) is 0 Å². The van der Waals surface area contributed by atoms with E-state index in [0.29, 0.717) is 19.0 Å². The molecular formula is C14H24N3O2+. The Morgan fingerprint density at radius 3 is 2.53 bits per heavy atom. The van der Waals surface area contributed by atoms with Crippen molar-refractivity contribution in [2.75, 3.05) is 20.2 Å². The molecule has 5 heteroatoms. The van der Waals surface area contributed by atoms with Gasteiger partial charge in [-0.15, -0.1) is 4.68 Å². The van der Waals surface area contributed by atoms with E-state index in [2.05, 4.69) is 32.8 Å². The Morgan fingerprint density at radius 1 is 1.42 bits per heavy atom. The van der Waals surface area contributed by atoms with Crippen molar-refractivity contribution in [2.45, 2.75) is 45.8 Å². The highest BCUT2D eigenvalue weighted by molar-refractivity contribution is 5.91. The third-order valence-corrected chi connectivity index (χ3v) is 3.63. The fourth-order valence-corrected chi connectivity index (χ4v) is 2.23. The predicted octanol–water partition coefficient (Wildman–Crippen LogP) is 1.48. The van der Waals surface area contributed by atoms with Crippen molar-refractivity contribution < 1.29 is 14.2 Å². The summed E-state index contributed by atoms with van der Waals surface area (Å²) in [4.78, 5) is 14.3. The maximum absolute atomic E-state index is 12.5. The number of carbonyl (C=O) groups is 1. The van der Waals surface area contributed by atoms with E-state index in [1.807, 2.05) is 15.6 Å². The molecule has 106 valence electrons. The molecule has 2 heterocycles. The molecule has 0 aromatic carbocycles. The molecule has 0 unspecified atom stereocenters. The smallest absolute Gasteiger partial charge is 0.321 e. The summed E-state index contributed by atoms with van der Waals surface area (Å²) in [6, 6.07) is 2.22. The average Bonchev–Trinajstić information content (AvgIpc) is 2.72. The minimum Gasteiger partial charge on any atom is -0.378 e. The summed E-state index contributed by atoms with van der Waals surface area (Å²) in [6.45, 7) is 9.77. The fraction of sp³-hybridized carbons (Fsp3) is 0.714. The molecule has 0 saturated carbocycles. The quantitative estimate of drug-likeness (QED) is 0.839. The van der Waals surface area contributed by atoms with Gasteiger partial charge in [-0.1, -0.05) is 13.8 Å². The number of ether oxygens (including phenoxy) is 1. The van der Waals surface area contributed by atoms with Gasteiger partial charge in [0.2, 0.25) is 0 Å². The molecule has 2 rings (SSSR count). The molecule has 1 saturated heterocycles. The molecule has 1 fully saturated rings. The van der Waals surface area contributed by atoms with Crippen LogP contribution in [0.4, 0.5) is 0 Å². The number of likely N-dealkylation sites (tertiary alicyclic amines) is 1. The third-order valence-electron chi connectivity index (χ3n) is 3.63. The number of amides is 1. The molecule has 0 spiro atoms. The van der Waals surface area contributed by atoms with Gasteiger partial charge in [0.15, 0.2) is 6.04 Å². The van der Waals surface area contributed by atoms with E-state index >= 15 is 0 Å².